The highest BCUT2D eigenvalue weighted by atomic mass is 19.1. The number of rotatable bonds is 1. The summed E-state index contributed by atoms with van der Waals surface area (Å²) in [6.07, 6.45) is 0. The van der Waals surface area contributed by atoms with Crippen LogP contribution in [-0.2, 0) is 0 Å². The second-order valence-corrected chi connectivity index (χ2v) is 4.99. The minimum absolute atomic E-state index is 0.0635. The van der Waals surface area contributed by atoms with Gasteiger partial charge in [-0.25, -0.2) is 4.39 Å². The normalized spacial score (nSPS) is 17.3. The average molecular weight is 257 g/mol. The molecule has 0 saturated carbocycles. The zero-order valence-electron chi connectivity index (χ0n) is 11.0. The van der Waals surface area contributed by atoms with E-state index in [-0.39, 0.29) is 11.9 Å². The largest absolute Gasteiger partial charge is 0.489 e. The first-order chi connectivity index (χ1) is 9.13. The van der Waals surface area contributed by atoms with Crippen LogP contribution in [-0.4, -0.2) is 6.61 Å². The second-order valence-electron chi connectivity index (χ2n) is 4.99. The molecule has 19 heavy (non-hydrogen) atoms. The predicted molar refractivity (Wildman–Crippen MR) is 74.2 cm³/mol. The summed E-state index contributed by atoms with van der Waals surface area (Å²) in [4.78, 5) is 0. The maximum Gasteiger partial charge on any atom is 0.142 e. The predicted octanol–water partition coefficient (Wildman–Crippen LogP) is 3.99. The van der Waals surface area contributed by atoms with Crippen molar-refractivity contribution in [3.05, 3.63) is 58.9 Å². The molecule has 1 atom stereocenters. The van der Waals surface area contributed by atoms with Crippen LogP contribution in [0.5, 0.6) is 5.75 Å². The Balaban J connectivity index is 1.90. The lowest BCUT2D eigenvalue weighted by atomic mass is 10.0. The number of ether oxygens (including phenoxy) is 1. The molecule has 2 aromatic rings. The van der Waals surface area contributed by atoms with Gasteiger partial charge in [0.15, 0.2) is 0 Å². The van der Waals surface area contributed by atoms with E-state index >= 15 is 0 Å². The summed E-state index contributed by atoms with van der Waals surface area (Å²) in [6.45, 7) is 4.74. The molecule has 2 nitrogen and oxygen atoms in total. The van der Waals surface area contributed by atoms with E-state index in [0.29, 0.717) is 12.4 Å². The molecule has 3 rings (SSSR count). The summed E-state index contributed by atoms with van der Waals surface area (Å²) in [5.74, 6) is 0.456. The van der Waals surface area contributed by atoms with Crippen molar-refractivity contribution in [3.63, 3.8) is 0 Å². The molecular formula is C16H16FNO. The molecule has 98 valence electrons. The van der Waals surface area contributed by atoms with Crippen molar-refractivity contribution in [1.82, 2.24) is 0 Å². The van der Waals surface area contributed by atoms with E-state index in [9.17, 15) is 4.39 Å². The summed E-state index contributed by atoms with van der Waals surface area (Å²) in [5, 5.41) is 3.34. The molecule has 0 spiro atoms. The Kier molecular flexibility index (Phi) is 2.90. The first kappa shape index (κ1) is 12.0. The molecule has 0 saturated heterocycles. The molecule has 1 N–H and O–H groups in total. The lowest BCUT2D eigenvalue weighted by Crippen LogP contribution is -2.24. The molecule has 0 fully saturated rings. The number of halogens is 1. The minimum atomic E-state index is -0.254. The molecule has 1 aliphatic heterocycles. The van der Waals surface area contributed by atoms with Gasteiger partial charge in [-0.3, -0.25) is 0 Å². The van der Waals surface area contributed by atoms with E-state index in [0.717, 1.165) is 11.3 Å². The van der Waals surface area contributed by atoms with Crippen molar-refractivity contribution >= 4 is 5.69 Å². The fourth-order valence-corrected chi connectivity index (χ4v) is 2.30. The highest BCUT2D eigenvalue weighted by molar-refractivity contribution is 5.59. The van der Waals surface area contributed by atoms with E-state index < -0.39 is 0 Å². The van der Waals surface area contributed by atoms with Gasteiger partial charge in [0.05, 0.1) is 11.7 Å². The van der Waals surface area contributed by atoms with Gasteiger partial charge in [0.25, 0.3) is 0 Å². The third-order valence-electron chi connectivity index (χ3n) is 3.61. The number of hydrogen-bond acceptors (Lipinski definition) is 2. The number of benzene rings is 2. The number of anilines is 1. The van der Waals surface area contributed by atoms with Gasteiger partial charge in [0.2, 0.25) is 0 Å². The number of hydrogen-bond donors (Lipinski definition) is 1. The lowest BCUT2D eigenvalue weighted by molar-refractivity contribution is 0.286. The standard InChI is InChI=1S/C16H16FNO/c1-10-3-4-12(7-11(10)2)15-9-19-16-6-5-13(17)8-14(16)18-15/h3-8,15,18H,9H2,1-2H3. The van der Waals surface area contributed by atoms with Crippen LogP contribution in [0.4, 0.5) is 10.1 Å². The Hall–Kier alpha value is -2.03. The van der Waals surface area contributed by atoms with Crippen LogP contribution in [0.1, 0.15) is 22.7 Å². The summed E-state index contributed by atoms with van der Waals surface area (Å²) in [5.41, 5.74) is 4.41. The maximum atomic E-state index is 13.2. The Bertz CT molecular complexity index is 624. The Morgan fingerprint density at radius 1 is 1.11 bits per heavy atom. The number of aryl methyl sites for hydroxylation is 2. The molecule has 0 aliphatic carbocycles. The van der Waals surface area contributed by atoms with Crippen LogP contribution < -0.4 is 10.1 Å². The molecule has 0 bridgehead atoms. The van der Waals surface area contributed by atoms with Gasteiger partial charge >= 0.3 is 0 Å². The molecular weight excluding hydrogens is 241 g/mol. The Morgan fingerprint density at radius 2 is 1.95 bits per heavy atom. The van der Waals surface area contributed by atoms with Crippen molar-refractivity contribution in [1.29, 1.82) is 0 Å². The Morgan fingerprint density at radius 3 is 2.74 bits per heavy atom. The van der Waals surface area contributed by atoms with E-state index in [1.165, 1.54) is 23.3 Å². The van der Waals surface area contributed by atoms with Crippen LogP contribution in [0.15, 0.2) is 36.4 Å². The van der Waals surface area contributed by atoms with Gasteiger partial charge in [-0.15, -0.1) is 0 Å². The van der Waals surface area contributed by atoms with E-state index in [4.69, 9.17) is 4.74 Å². The highest BCUT2D eigenvalue weighted by Crippen LogP contribution is 2.34. The van der Waals surface area contributed by atoms with Gasteiger partial charge in [-0.2, -0.15) is 0 Å². The van der Waals surface area contributed by atoms with Gasteiger partial charge in [-0.05, 0) is 42.7 Å². The first-order valence-electron chi connectivity index (χ1n) is 6.39. The first-order valence-corrected chi connectivity index (χ1v) is 6.39. The van der Waals surface area contributed by atoms with Crippen molar-refractivity contribution in [2.75, 3.05) is 11.9 Å². The molecule has 3 heteroatoms. The van der Waals surface area contributed by atoms with Crippen molar-refractivity contribution < 1.29 is 9.13 Å². The molecule has 1 heterocycles. The summed E-state index contributed by atoms with van der Waals surface area (Å²) >= 11 is 0. The van der Waals surface area contributed by atoms with Crippen molar-refractivity contribution in [2.45, 2.75) is 19.9 Å². The maximum absolute atomic E-state index is 13.2. The molecule has 2 aromatic carbocycles. The van der Waals surface area contributed by atoms with Crippen molar-refractivity contribution in [3.8, 4) is 5.75 Å². The molecule has 1 aliphatic rings. The minimum Gasteiger partial charge on any atom is -0.489 e. The van der Waals surface area contributed by atoms with Gasteiger partial charge < -0.3 is 10.1 Å². The number of fused-ring (bicyclic) bond motifs is 1. The summed E-state index contributed by atoms with van der Waals surface area (Å²) < 4.78 is 18.9. The molecule has 0 amide bonds. The summed E-state index contributed by atoms with van der Waals surface area (Å²) in [6, 6.07) is 11.0. The van der Waals surface area contributed by atoms with Gasteiger partial charge in [0.1, 0.15) is 18.2 Å². The van der Waals surface area contributed by atoms with E-state index in [1.807, 2.05) is 0 Å². The quantitative estimate of drug-likeness (QED) is 0.834. The zero-order valence-corrected chi connectivity index (χ0v) is 11.0. The zero-order chi connectivity index (χ0) is 13.4. The monoisotopic (exact) mass is 257 g/mol. The third kappa shape index (κ3) is 2.28. The molecule has 0 radical (unpaired) electrons. The van der Waals surface area contributed by atoms with Gasteiger partial charge in [-0.1, -0.05) is 18.2 Å². The average Bonchev–Trinajstić information content (AvgIpc) is 2.41. The highest BCUT2D eigenvalue weighted by Gasteiger charge is 2.20. The Labute approximate surface area is 112 Å². The van der Waals surface area contributed by atoms with Crippen molar-refractivity contribution in [2.24, 2.45) is 0 Å². The van der Waals surface area contributed by atoms with E-state index in [1.54, 1.807) is 6.07 Å². The topological polar surface area (TPSA) is 21.3 Å². The van der Waals surface area contributed by atoms with Crippen LogP contribution in [0.3, 0.4) is 0 Å². The summed E-state index contributed by atoms with van der Waals surface area (Å²) in [7, 11) is 0. The van der Waals surface area contributed by atoms with Crippen LogP contribution in [0, 0.1) is 19.7 Å². The van der Waals surface area contributed by atoms with Crippen LogP contribution >= 0.6 is 0 Å². The third-order valence-corrected chi connectivity index (χ3v) is 3.61. The molecule has 0 aromatic heterocycles. The smallest absolute Gasteiger partial charge is 0.142 e. The number of nitrogens with one attached hydrogen (secondary N) is 1. The fraction of sp³-hybridized carbons (Fsp3) is 0.250. The SMILES string of the molecule is Cc1ccc(C2COc3ccc(F)cc3N2)cc1C. The van der Waals surface area contributed by atoms with E-state index in [2.05, 4.69) is 37.4 Å². The molecule has 1 unspecified atom stereocenters. The lowest BCUT2D eigenvalue weighted by Gasteiger charge is -2.28. The fourth-order valence-electron chi connectivity index (χ4n) is 2.30. The van der Waals surface area contributed by atoms with Gasteiger partial charge in [0, 0.05) is 6.07 Å². The van der Waals surface area contributed by atoms with Crippen LogP contribution in [0.2, 0.25) is 0 Å². The van der Waals surface area contributed by atoms with Crippen LogP contribution in [0.25, 0.3) is 0 Å². The second kappa shape index (κ2) is 4.57.